The van der Waals surface area contributed by atoms with Gasteiger partial charge >= 0.3 is 6.18 Å². The molecule has 1 aliphatic carbocycles. The van der Waals surface area contributed by atoms with Crippen LogP contribution < -0.4 is 20.1 Å². The van der Waals surface area contributed by atoms with Crippen molar-refractivity contribution in [3.63, 3.8) is 0 Å². The number of anilines is 2. The third-order valence-corrected chi connectivity index (χ3v) is 8.64. The zero-order valence-corrected chi connectivity index (χ0v) is 25.5. The number of fused-ring (bicyclic) bond motifs is 1. The lowest BCUT2D eigenvalue weighted by Crippen LogP contribution is -2.55. The van der Waals surface area contributed by atoms with E-state index in [0.29, 0.717) is 59.9 Å². The Morgan fingerprint density at radius 2 is 1.87 bits per heavy atom. The number of ether oxygens (including phenoxy) is 1. The summed E-state index contributed by atoms with van der Waals surface area (Å²) in [6, 6.07) is 9.81. The average molecular weight is 636 g/mol. The maximum Gasteiger partial charge on any atom is 0.417 e. The number of aryl methyl sites for hydroxylation is 2. The number of amides is 1. The minimum atomic E-state index is -4.81. The van der Waals surface area contributed by atoms with E-state index in [1.165, 1.54) is 10.6 Å². The zero-order valence-electron chi connectivity index (χ0n) is 24.7. The largest absolute Gasteiger partial charge is 0.493 e. The first-order chi connectivity index (χ1) is 21.4. The number of aromatic amines is 1. The van der Waals surface area contributed by atoms with Gasteiger partial charge in [0.2, 0.25) is 0 Å². The predicted octanol–water partition coefficient (Wildman–Crippen LogP) is 5.70. The summed E-state index contributed by atoms with van der Waals surface area (Å²) in [6.45, 7) is 5.89. The first-order valence-electron chi connectivity index (χ1n) is 14.5. The van der Waals surface area contributed by atoms with E-state index >= 15 is 0 Å². The number of rotatable bonds is 7. The van der Waals surface area contributed by atoms with E-state index in [9.17, 15) is 28.0 Å². The molecule has 2 aromatic heterocycles. The Morgan fingerprint density at radius 3 is 2.49 bits per heavy atom. The summed E-state index contributed by atoms with van der Waals surface area (Å²) in [4.78, 5) is 37.4. The molecule has 2 aliphatic rings. The van der Waals surface area contributed by atoms with Gasteiger partial charge in [-0.2, -0.15) is 18.4 Å². The molecule has 2 fully saturated rings. The molecule has 1 aliphatic heterocycles. The standard InChI is InChI=1S/C31H28F3N7O3S/c1-4-7-24-36-17(3)25-27(42)37-26(38-41(24)25)21-14-20(10-11-23(21)44-5-2)40-29(45)39(28(43)30(40)12-6-13-30)19-9-8-18(16-35)22(15-19)31(32,33)34/h8-11,14-15H,4-7,12-13H2,1-3H3,(H,37,38,42). The molecule has 1 saturated carbocycles. The van der Waals surface area contributed by atoms with E-state index in [-0.39, 0.29) is 22.2 Å². The van der Waals surface area contributed by atoms with E-state index in [4.69, 9.17) is 22.1 Å². The fraction of sp³-hybridized carbons (Fsp3) is 0.355. The van der Waals surface area contributed by atoms with Gasteiger partial charge in [0.1, 0.15) is 17.1 Å². The van der Waals surface area contributed by atoms with Gasteiger partial charge in [-0.1, -0.05) is 6.92 Å². The first-order valence-corrected chi connectivity index (χ1v) is 14.9. The Bertz CT molecular complexity index is 1970. The molecular formula is C31H28F3N7O3S. The minimum absolute atomic E-state index is 0.0000122. The van der Waals surface area contributed by atoms with Crippen LogP contribution in [0.2, 0.25) is 0 Å². The quantitative estimate of drug-likeness (QED) is 0.257. The molecule has 3 heterocycles. The lowest BCUT2D eigenvalue weighted by molar-refractivity contribution is -0.137. The smallest absolute Gasteiger partial charge is 0.417 e. The molecule has 1 N–H and O–H groups in total. The van der Waals surface area contributed by atoms with Crippen molar-refractivity contribution in [2.24, 2.45) is 0 Å². The van der Waals surface area contributed by atoms with Gasteiger partial charge in [0.15, 0.2) is 16.5 Å². The SMILES string of the molecule is CCCc1nc(C)c2c(=O)[nH]c(-c3cc(N4C(=S)N(c5ccc(C#N)c(C(F)(F)F)c5)C(=O)C45CCC5)ccc3OCC)nn12. The maximum atomic E-state index is 14.0. The van der Waals surface area contributed by atoms with Gasteiger partial charge in [-0.05, 0) is 88.1 Å². The molecule has 0 unspecified atom stereocenters. The predicted molar refractivity (Wildman–Crippen MR) is 164 cm³/mol. The molecule has 2 aromatic carbocycles. The van der Waals surface area contributed by atoms with Crippen LogP contribution >= 0.6 is 12.2 Å². The molecule has 45 heavy (non-hydrogen) atoms. The Labute approximate surface area is 261 Å². The summed E-state index contributed by atoms with van der Waals surface area (Å²) in [5, 5.41) is 14.0. The van der Waals surface area contributed by atoms with Gasteiger partial charge in [0.05, 0.1) is 40.7 Å². The van der Waals surface area contributed by atoms with Crippen molar-refractivity contribution < 1.29 is 22.7 Å². The molecule has 14 heteroatoms. The Hall–Kier alpha value is -4.77. The summed E-state index contributed by atoms with van der Waals surface area (Å²) in [5.41, 5.74) is -1.45. The van der Waals surface area contributed by atoms with Crippen LogP contribution in [-0.2, 0) is 17.4 Å². The second kappa shape index (κ2) is 11.0. The number of halogens is 3. The van der Waals surface area contributed by atoms with Crippen LogP contribution in [0.3, 0.4) is 0 Å². The van der Waals surface area contributed by atoms with Crippen molar-refractivity contribution in [3.8, 4) is 23.2 Å². The lowest BCUT2D eigenvalue weighted by Gasteiger charge is -2.43. The number of benzene rings is 2. The van der Waals surface area contributed by atoms with Gasteiger partial charge in [-0.25, -0.2) is 9.50 Å². The van der Waals surface area contributed by atoms with Crippen molar-refractivity contribution in [2.75, 3.05) is 16.4 Å². The molecule has 4 aromatic rings. The van der Waals surface area contributed by atoms with Crippen molar-refractivity contribution in [3.05, 3.63) is 69.4 Å². The highest BCUT2D eigenvalue weighted by atomic mass is 32.1. The fourth-order valence-electron chi connectivity index (χ4n) is 6.08. The third-order valence-electron chi connectivity index (χ3n) is 8.27. The summed E-state index contributed by atoms with van der Waals surface area (Å²) in [5.74, 6) is 0.835. The van der Waals surface area contributed by atoms with Gasteiger partial charge in [-0.15, -0.1) is 5.10 Å². The van der Waals surface area contributed by atoms with Crippen LogP contribution in [-0.4, -0.2) is 42.7 Å². The number of nitrogens with zero attached hydrogens (tertiary/aromatic N) is 6. The summed E-state index contributed by atoms with van der Waals surface area (Å²) in [6.07, 6.45) is -1.82. The molecule has 10 nitrogen and oxygen atoms in total. The van der Waals surface area contributed by atoms with Crippen LogP contribution in [0, 0.1) is 18.3 Å². The number of imidazole rings is 1. The second-order valence-electron chi connectivity index (χ2n) is 11.0. The highest BCUT2D eigenvalue weighted by Gasteiger charge is 2.59. The summed E-state index contributed by atoms with van der Waals surface area (Å²) >= 11 is 5.79. The first kappa shape index (κ1) is 30.3. The van der Waals surface area contributed by atoms with Gasteiger partial charge in [0, 0.05) is 12.1 Å². The van der Waals surface area contributed by atoms with E-state index in [0.717, 1.165) is 29.9 Å². The number of H-pyrrole nitrogens is 1. The van der Waals surface area contributed by atoms with Crippen LogP contribution in [0.15, 0.2) is 41.2 Å². The third kappa shape index (κ3) is 4.73. The minimum Gasteiger partial charge on any atom is -0.493 e. The Morgan fingerprint density at radius 1 is 1.13 bits per heavy atom. The summed E-state index contributed by atoms with van der Waals surface area (Å²) in [7, 11) is 0. The highest BCUT2D eigenvalue weighted by Crippen LogP contribution is 2.49. The molecule has 232 valence electrons. The fourth-order valence-corrected chi connectivity index (χ4v) is 6.55. The molecule has 0 atom stereocenters. The zero-order chi connectivity index (χ0) is 32.3. The van der Waals surface area contributed by atoms with E-state index in [2.05, 4.69) is 9.97 Å². The molecule has 0 bridgehead atoms. The Balaban J connectivity index is 1.49. The molecule has 1 spiro atoms. The number of nitriles is 1. The second-order valence-corrected chi connectivity index (χ2v) is 11.4. The van der Waals surface area contributed by atoms with Crippen molar-refractivity contribution in [1.29, 1.82) is 5.26 Å². The van der Waals surface area contributed by atoms with Crippen LogP contribution in [0.5, 0.6) is 5.75 Å². The van der Waals surface area contributed by atoms with Crippen molar-refractivity contribution in [1.82, 2.24) is 19.6 Å². The van der Waals surface area contributed by atoms with Gasteiger partial charge < -0.3 is 14.6 Å². The molecule has 1 amide bonds. The highest BCUT2D eigenvalue weighted by molar-refractivity contribution is 7.81. The topological polar surface area (TPSA) is 120 Å². The average Bonchev–Trinajstić information content (AvgIpc) is 3.42. The molecule has 1 saturated heterocycles. The number of carbonyl (C=O) groups excluding carboxylic acids is 1. The summed E-state index contributed by atoms with van der Waals surface area (Å²) < 4.78 is 48.9. The van der Waals surface area contributed by atoms with Crippen LogP contribution in [0.25, 0.3) is 16.9 Å². The number of nitrogens with one attached hydrogen (secondary N) is 1. The number of carbonyl (C=O) groups is 1. The van der Waals surface area contributed by atoms with Crippen molar-refractivity contribution in [2.45, 2.75) is 64.6 Å². The normalized spacial score (nSPS) is 16.0. The number of alkyl halides is 3. The van der Waals surface area contributed by atoms with Crippen LogP contribution in [0.1, 0.15) is 62.2 Å². The Kier molecular flexibility index (Phi) is 7.39. The van der Waals surface area contributed by atoms with E-state index in [1.54, 1.807) is 36.1 Å². The number of hydrogen-bond acceptors (Lipinski definition) is 7. The maximum absolute atomic E-state index is 14.0. The van der Waals surface area contributed by atoms with Crippen molar-refractivity contribution >= 4 is 40.1 Å². The lowest BCUT2D eigenvalue weighted by atomic mass is 9.75. The van der Waals surface area contributed by atoms with Gasteiger partial charge in [-0.3, -0.25) is 14.5 Å². The van der Waals surface area contributed by atoms with Gasteiger partial charge in [0.25, 0.3) is 11.5 Å². The van der Waals surface area contributed by atoms with E-state index < -0.39 is 28.7 Å². The molecule has 0 radical (unpaired) electrons. The van der Waals surface area contributed by atoms with Crippen LogP contribution in [0.4, 0.5) is 24.5 Å². The molecular weight excluding hydrogens is 607 g/mol. The number of aromatic nitrogens is 4. The molecule has 6 rings (SSSR count). The van der Waals surface area contributed by atoms with E-state index in [1.807, 2.05) is 13.8 Å². The monoisotopic (exact) mass is 635 g/mol. The number of hydrogen-bond donors (Lipinski definition) is 1. The number of thiocarbonyl (C=S) groups is 1.